The third-order valence-corrected chi connectivity index (χ3v) is 2.46. The van der Waals surface area contributed by atoms with E-state index in [4.69, 9.17) is 0 Å². The molecule has 1 aliphatic carbocycles. The van der Waals surface area contributed by atoms with E-state index in [9.17, 15) is 0 Å². The van der Waals surface area contributed by atoms with Crippen LogP contribution in [0.4, 0.5) is 0 Å². The first kappa shape index (κ1) is 10.7. The molecule has 0 spiro atoms. The predicted molar refractivity (Wildman–Crippen MR) is 66.7 cm³/mol. The van der Waals surface area contributed by atoms with Gasteiger partial charge in [0, 0.05) is 24.6 Å². The van der Waals surface area contributed by atoms with Gasteiger partial charge in [-0.3, -0.25) is 4.98 Å². The monoisotopic (exact) mass is 212 g/mol. The Kier molecular flexibility index (Phi) is 3.54. The zero-order chi connectivity index (χ0) is 11.2. The molecule has 0 bridgehead atoms. The Labute approximate surface area is 96.4 Å². The topological polar surface area (TPSA) is 24.9 Å². The number of rotatable bonds is 3. The van der Waals surface area contributed by atoms with Crippen molar-refractivity contribution in [1.82, 2.24) is 10.3 Å². The van der Waals surface area contributed by atoms with Gasteiger partial charge >= 0.3 is 0 Å². The standard InChI is InChI=1S/C14H16N2/c1-12-5-2-3-7-14(9-12)16-11-13-6-4-8-15-10-13/h2,4-10,16H,3,11H2,1H3. The molecule has 0 unspecified atom stereocenters. The van der Waals surface area contributed by atoms with E-state index < -0.39 is 0 Å². The molecule has 0 aliphatic heterocycles. The zero-order valence-corrected chi connectivity index (χ0v) is 9.48. The maximum atomic E-state index is 4.09. The van der Waals surface area contributed by atoms with Gasteiger partial charge in [-0.2, -0.15) is 0 Å². The van der Waals surface area contributed by atoms with E-state index in [1.807, 2.05) is 12.3 Å². The van der Waals surface area contributed by atoms with Gasteiger partial charge in [-0.15, -0.1) is 0 Å². The van der Waals surface area contributed by atoms with Gasteiger partial charge in [-0.25, -0.2) is 0 Å². The average Bonchev–Trinajstić information content (AvgIpc) is 2.52. The molecule has 82 valence electrons. The van der Waals surface area contributed by atoms with Crippen LogP contribution < -0.4 is 5.32 Å². The van der Waals surface area contributed by atoms with Crippen molar-refractivity contribution in [3.63, 3.8) is 0 Å². The van der Waals surface area contributed by atoms with Crippen molar-refractivity contribution < 1.29 is 0 Å². The summed E-state index contributed by atoms with van der Waals surface area (Å²) in [7, 11) is 0. The van der Waals surface area contributed by atoms with Gasteiger partial charge in [-0.05, 0) is 36.6 Å². The summed E-state index contributed by atoms with van der Waals surface area (Å²) in [6.45, 7) is 2.94. The Balaban J connectivity index is 1.96. The quantitative estimate of drug-likeness (QED) is 0.833. The first-order chi connectivity index (χ1) is 7.84. The molecule has 1 aliphatic rings. The van der Waals surface area contributed by atoms with Crippen LogP contribution in [0.25, 0.3) is 0 Å². The fourth-order valence-electron chi connectivity index (χ4n) is 1.63. The van der Waals surface area contributed by atoms with E-state index in [0.29, 0.717) is 0 Å². The lowest BCUT2D eigenvalue weighted by molar-refractivity contribution is 0.824. The van der Waals surface area contributed by atoms with Crippen molar-refractivity contribution in [2.45, 2.75) is 19.9 Å². The molecule has 2 nitrogen and oxygen atoms in total. The van der Waals surface area contributed by atoms with Crippen LogP contribution in [-0.2, 0) is 6.54 Å². The normalized spacial score (nSPS) is 15.1. The summed E-state index contributed by atoms with van der Waals surface area (Å²) in [5, 5.41) is 3.41. The summed E-state index contributed by atoms with van der Waals surface area (Å²) in [6, 6.07) is 4.03. The molecule has 0 saturated carbocycles. The predicted octanol–water partition coefficient (Wildman–Crippen LogP) is 2.96. The van der Waals surface area contributed by atoms with Crippen LogP contribution in [0.2, 0.25) is 0 Å². The van der Waals surface area contributed by atoms with Crippen LogP contribution in [-0.4, -0.2) is 4.98 Å². The summed E-state index contributed by atoms with van der Waals surface area (Å²) in [4.78, 5) is 4.09. The summed E-state index contributed by atoms with van der Waals surface area (Å²) < 4.78 is 0. The number of nitrogens with zero attached hydrogens (tertiary/aromatic N) is 1. The van der Waals surface area contributed by atoms with E-state index in [-0.39, 0.29) is 0 Å². The number of aromatic nitrogens is 1. The second-order valence-electron chi connectivity index (χ2n) is 3.90. The maximum absolute atomic E-state index is 4.09. The van der Waals surface area contributed by atoms with Crippen molar-refractivity contribution in [2.24, 2.45) is 0 Å². The fourth-order valence-corrected chi connectivity index (χ4v) is 1.63. The lowest BCUT2D eigenvalue weighted by Gasteiger charge is -2.07. The number of allylic oxidation sites excluding steroid dienone is 5. The summed E-state index contributed by atoms with van der Waals surface area (Å²) in [6.07, 6.45) is 13.4. The number of hydrogen-bond acceptors (Lipinski definition) is 2. The van der Waals surface area contributed by atoms with Gasteiger partial charge in [-0.1, -0.05) is 24.3 Å². The summed E-state index contributed by atoms with van der Waals surface area (Å²) >= 11 is 0. The third-order valence-electron chi connectivity index (χ3n) is 2.46. The fraction of sp³-hybridized carbons (Fsp3) is 0.214. The highest BCUT2D eigenvalue weighted by Crippen LogP contribution is 2.09. The van der Waals surface area contributed by atoms with Gasteiger partial charge in [0.05, 0.1) is 0 Å². The molecule has 0 radical (unpaired) electrons. The van der Waals surface area contributed by atoms with Crippen LogP contribution >= 0.6 is 0 Å². The molecule has 2 heteroatoms. The largest absolute Gasteiger partial charge is 0.381 e. The van der Waals surface area contributed by atoms with Crippen molar-refractivity contribution >= 4 is 0 Å². The van der Waals surface area contributed by atoms with E-state index >= 15 is 0 Å². The molecule has 0 atom stereocenters. The third kappa shape index (κ3) is 3.09. The van der Waals surface area contributed by atoms with Gasteiger partial charge in [0.2, 0.25) is 0 Å². The Morgan fingerprint density at radius 3 is 3.19 bits per heavy atom. The SMILES string of the molecule is CC1=CC(NCc2cccnc2)=CCC=C1. The van der Waals surface area contributed by atoms with Crippen LogP contribution in [0.1, 0.15) is 18.9 Å². The summed E-state index contributed by atoms with van der Waals surface area (Å²) in [5.41, 5.74) is 3.67. The molecule has 16 heavy (non-hydrogen) atoms. The highest BCUT2D eigenvalue weighted by Gasteiger charge is 1.97. The van der Waals surface area contributed by atoms with Gasteiger partial charge in [0.15, 0.2) is 0 Å². The number of pyridine rings is 1. The molecule has 0 saturated heterocycles. The maximum Gasteiger partial charge on any atom is 0.0415 e. The lowest BCUT2D eigenvalue weighted by atomic mass is 10.2. The second-order valence-corrected chi connectivity index (χ2v) is 3.90. The molecule has 1 aromatic rings. The minimum absolute atomic E-state index is 0.823. The molecule has 1 N–H and O–H groups in total. The minimum atomic E-state index is 0.823. The van der Waals surface area contributed by atoms with E-state index in [0.717, 1.165) is 13.0 Å². The Morgan fingerprint density at radius 2 is 2.38 bits per heavy atom. The van der Waals surface area contributed by atoms with E-state index in [1.54, 1.807) is 6.20 Å². The first-order valence-corrected chi connectivity index (χ1v) is 5.52. The average molecular weight is 212 g/mol. The van der Waals surface area contributed by atoms with Crippen molar-refractivity contribution in [3.8, 4) is 0 Å². The minimum Gasteiger partial charge on any atom is -0.381 e. The Morgan fingerprint density at radius 1 is 1.44 bits per heavy atom. The molecule has 2 rings (SSSR count). The highest BCUT2D eigenvalue weighted by molar-refractivity contribution is 5.31. The smallest absolute Gasteiger partial charge is 0.0415 e. The van der Waals surface area contributed by atoms with Crippen LogP contribution in [0.15, 0.2) is 60.1 Å². The van der Waals surface area contributed by atoms with Crippen LogP contribution in [0.3, 0.4) is 0 Å². The zero-order valence-electron chi connectivity index (χ0n) is 9.48. The number of hydrogen-bond donors (Lipinski definition) is 1. The molecule has 0 amide bonds. The molecule has 0 fully saturated rings. The van der Waals surface area contributed by atoms with Gasteiger partial charge in [0.1, 0.15) is 0 Å². The molecular weight excluding hydrogens is 196 g/mol. The van der Waals surface area contributed by atoms with Crippen molar-refractivity contribution in [3.05, 3.63) is 65.7 Å². The molecular formula is C14H16N2. The van der Waals surface area contributed by atoms with Crippen LogP contribution in [0.5, 0.6) is 0 Å². The Bertz CT molecular complexity index is 427. The highest BCUT2D eigenvalue weighted by atomic mass is 14.9. The summed E-state index contributed by atoms with van der Waals surface area (Å²) in [5.74, 6) is 0. The molecule has 0 aromatic carbocycles. The van der Waals surface area contributed by atoms with Gasteiger partial charge < -0.3 is 5.32 Å². The second kappa shape index (κ2) is 5.31. The van der Waals surface area contributed by atoms with E-state index in [2.05, 4.69) is 47.6 Å². The molecule has 1 heterocycles. The van der Waals surface area contributed by atoms with Gasteiger partial charge in [0.25, 0.3) is 0 Å². The molecule has 1 aromatic heterocycles. The Hall–Kier alpha value is -1.83. The van der Waals surface area contributed by atoms with Crippen molar-refractivity contribution in [2.75, 3.05) is 0 Å². The van der Waals surface area contributed by atoms with Crippen molar-refractivity contribution in [1.29, 1.82) is 0 Å². The van der Waals surface area contributed by atoms with Crippen LogP contribution in [0, 0.1) is 0 Å². The first-order valence-electron chi connectivity index (χ1n) is 5.52. The van der Waals surface area contributed by atoms with E-state index in [1.165, 1.54) is 16.8 Å². The number of nitrogens with one attached hydrogen (secondary N) is 1. The lowest BCUT2D eigenvalue weighted by Crippen LogP contribution is -2.11.